The van der Waals surface area contributed by atoms with Gasteiger partial charge in [0.15, 0.2) is 0 Å². The number of nitrogens with one attached hydrogen (secondary N) is 2. The van der Waals surface area contributed by atoms with E-state index in [1.165, 1.54) is 7.11 Å². The van der Waals surface area contributed by atoms with Crippen molar-refractivity contribution in [3.05, 3.63) is 54.1 Å². The Morgan fingerprint density at radius 3 is 2.19 bits per heavy atom. The third kappa shape index (κ3) is 4.14. The topological polar surface area (TPSA) is 70.6 Å². The zero-order chi connectivity index (χ0) is 15.2. The monoisotopic (exact) mass is 286 g/mol. The molecule has 0 bridgehead atoms. The molecule has 1 atom stereocenters. The second-order valence-electron chi connectivity index (χ2n) is 4.65. The van der Waals surface area contributed by atoms with E-state index in [2.05, 4.69) is 15.4 Å². The van der Waals surface area contributed by atoms with Gasteiger partial charge in [0.05, 0.1) is 7.11 Å². The largest absolute Gasteiger partial charge is 0.508 e. The molecule has 0 aliphatic carbocycles. The average Bonchev–Trinajstić information content (AvgIpc) is 2.49. The minimum Gasteiger partial charge on any atom is -0.508 e. The van der Waals surface area contributed by atoms with Crippen LogP contribution in [0.3, 0.4) is 0 Å². The van der Waals surface area contributed by atoms with Crippen LogP contribution in [0.5, 0.6) is 5.75 Å². The van der Waals surface area contributed by atoms with Gasteiger partial charge in [0.1, 0.15) is 5.75 Å². The summed E-state index contributed by atoms with van der Waals surface area (Å²) in [5.41, 5.74) is 2.68. The molecule has 0 aromatic heterocycles. The van der Waals surface area contributed by atoms with E-state index in [4.69, 9.17) is 0 Å². The molecule has 0 fully saturated rings. The van der Waals surface area contributed by atoms with E-state index in [9.17, 15) is 9.90 Å². The number of methoxy groups -OCH3 is 1. The van der Waals surface area contributed by atoms with Gasteiger partial charge in [0, 0.05) is 17.4 Å². The summed E-state index contributed by atoms with van der Waals surface area (Å²) in [5, 5.41) is 15.2. The quantitative estimate of drug-likeness (QED) is 0.800. The van der Waals surface area contributed by atoms with Crippen LogP contribution in [-0.4, -0.2) is 18.3 Å². The van der Waals surface area contributed by atoms with Gasteiger partial charge in [-0.3, -0.25) is 5.32 Å². The maximum Gasteiger partial charge on any atom is 0.411 e. The van der Waals surface area contributed by atoms with E-state index >= 15 is 0 Å². The van der Waals surface area contributed by atoms with Crippen LogP contribution in [-0.2, 0) is 4.74 Å². The predicted octanol–water partition coefficient (Wildman–Crippen LogP) is 3.74. The molecule has 21 heavy (non-hydrogen) atoms. The highest BCUT2D eigenvalue weighted by Crippen LogP contribution is 2.22. The molecule has 2 aromatic rings. The summed E-state index contributed by atoms with van der Waals surface area (Å²) in [5.74, 6) is 0.254. The Labute approximate surface area is 123 Å². The van der Waals surface area contributed by atoms with Crippen LogP contribution >= 0.6 is 0 Å². The number of carbonyl (C=O) groups is 1. The molecule has 5 heteroatoms. The first-order valence-electron chi connectivity index (χ1n) is 6.59. The molecule has 2 rings (SSSR count). The number of amides is 1. The van der Waals surface area contributed by atoms with Gasteiger partial charge in [-0.05, 0) is 48.9 Å². The number of phenolic OH excluding ortho intramolecular Hbond substituents is 1. The van der Waals surface area contributed by atoms with Crippen molar-refractivity contribution in [2.24, 2.45) is 0 Å². The molecule has 2 aromatic carbocycles. The fourth-order valence-electron chi connectivity index (χ4n) is 1.91. The number of phenols is 1. The Morgan fingerprint density at radius 2 is 1.62 bits per heavy atom. The summed E-state index contributed by atoms with van der Waals surface area (Å²) in [6, 6.07) is 14.5. The molecule has 0 aliphatic rings. The number of rotatable bonds is 4. The van der Waals surface area contributed by atoms with Crippen molar-refractivity contribution in [1.82, 2.24) is 0 Å². The lowest BCUT2D eigenvalue weighted by Gasteiger charge is -2.16. The molecule has 1 amide bonds. The number of benzene rings is 2. The molecule has 5 nitrogen and oxygen atoms in total. The third-order valence-electron chi connectivity index (χ3n) is 3.09. The van der Waals surface area contributed by atoms with E-state index in [0.717, 1.165) is 11.3 Å². The van der Waals surface area contributed by atoms with Crippen molar-refractivity contribution < 1.29 is 14.6 Å². The van der Waals surface area contributed by atoms with Crippen LogP contribution < -0.4 is 10.6 Å². The van der Waals surface area contributed by atoms with Crippen molar-refractivity contribution >= 4 is 17.5 Å². The second kappa shape index (κ2) is 6.65. The first-order valence-corrected chi connectivity index (χ1v) is 6.59. The number of anilines is 2. The van der Waals surface area contributed by atoms with E-state index in [1.54, 1.807) is 24.3 Å². The highest BCUT2D eigenvalue weighted by Gasteiger charge is 2.06. The number of hydrogen-bond acceptors (Lipinski definition) is 4. The number of aromatic hydroxyl groups is 1. The molecule has 0 aliphatic heterocycles. The normalized spacial score (nSPS) is 11.5. The Hall–Kier alpha value is -2.69. The predicted molar refractivity (Wildman–Crippen MR) is 82.6 cm³/mol. The fourth-order valence-corrected chi connectivity index (χ4v) is 1.91. The number of ether oxygens (including phenoxy) is 1. The van der Waals surface area contributed by atoms with E-state index in [-0.39, 0.29) is 11.8 Å². The summed E-state index contributed by atoms with van der Waals surface area (Å²) < 4.78 is 4.53. The lowest BCUT2D eigenvalue weighted by molar-refractivity contribution is 0.187. The highest BCUT2D eigenvalue weighted by atomic mass is 16.5. The number of carbonyl (C=O) groups excluding carboxylic acids is 1. The van der Waals surface area contributed by atoms with Crippen molar-refractivity contribution in [3.63, 3.8) is 0 Å². The molecule has 0 saturated carbocycles. The van der Waals surface area contributed by atoms with Crippen molar-refractivity contribution in [1.29, 1.82) is 0 Å². The van der Waals surface area contributed by atoms with Crippen molar-refractivity contribution in [3.8, 4) is 5.75 Å². The zero-order valence-electron chi connectivity index (χ0n) is 12.0. The second-order valence-corrected chi connectivity index (χ2v) is 4.65. The van der Waals surface area contributed by atoms with Gasteiger partial charge in [-0.15, -0.1) is 0 Å². The van der Waals surface area contributed by atoms with Gasteiger partial charge < -0.3 is 15.2 Å². The van der Waals surface area contributed by atoms with E-state index in [0.29, 0.717) is 5.69 Å². The molecular formula is C16H18N2O3. The van der Waals surface area contributed by atoms with Gasteiger partial charge in [-0.1, -0.05) is 12.1 Å². The third-order valence-corrected chi connectivity index (χ3v) is 3.09. The standard InChI is InChI=1S/C16H18N2O3/c1-11(12-3-9-15(19)10-4-12)17-13-5-7-14(8-6-13)18-16(20)21-2/h3-11,17,19H,1-2H3,(H,18,20). The maximum absolute atomic E-state index is 11.1. The first-order chi connectivity index (χ1) is 10.1. The van der Waals surface area contributed by atoms with Crippen molar-refractivity contribution in [2.45, 2.75) is 13.0 Å². The Morgan fingerprint density at radius 1 is 1.05 bits per heavy atom. The molecule has 3 N–H and O–H groups in total. The van der Waals surface area contributed by atoms with Crippen LogP contribution in [0, 0.1) is 0 Å². The zero-order valence-corrected chi connectivity index (χ0v) is 12.0. The van der Waals surface area contributed by atoms with Gasteiger partial charge in [0.25, 0.3) is 0 Å². The summed E-state index contributed by atoms with van der Waals surface area (Å²) >= 11 is 0. The molecule has 0 heterocycles. The summed E-state index contributed by atoms with van der Waals surface area (Å²) in [6.45, 7) is 2.03. The Bertz CT molecular complexity index is 594. The van der Waals surface area contributed by atoms with Crippen LogP contribution in [0.4, 0.5) is 16.2 Å². The SMILES string of the molecule is COC(=O)Nc1ccc(NC(C)c2ccc(O)cc2)cc1. The van der Waals surface area contributed by atoms with Gasteiger partial charge in [-0.25, -0.2) is 4.79 Å². The minimum absolute atomic E-state index is 0.102. The van der Waals surface area contributed by atoms with Crippen molar-refractivity contribution in [2.75, 3.05) is 17.7 Å². The summed E-state index contributed by atoms with van der Waals surface area (Å²) in [4.78, 5) is 11.1. The van der Waals surface area contributed by atoms with E-state index < -0.39 is 6.09 Å². The molecular weight excluding hydrogens is 268 g/mol. The number of hydrogen-bond donors (Lipinski definition) is 3. The molecule has 0 saturated heterocycles. The summed E-state index contributed by atoms with van der Waals surface area (Å²) in [7, 11) is 1.32. The molecule has 0 spiro atoms. The Balaban J connectivity index is 1.99. The highest BCUT2D eigenvalue weighted by molar-refractivity contribution is 5.84. The molecule has 1 unspecified atom stereocenters. The first kappa shape index (κ1) is 14.7. The maximum atomic E-state index is 11.1. The van der Waals surface area contributed by atoms with Gasteiger partial charge in [-0.2, -0.15) is 0 Å². The smallest absolute Gasteiger partial charge is 0.411 e. The average molecular weight is 286 g/mol. The fraction of sp³-hybridized carbons (Fsp3) is 0.188. The lowest BCUT2D eigenvalue weighted by atomic mass is 10.1. The van der Waals surface area contributed by atoms with Gasteiger partial charge in [0.2, 0.25) is 0 Å². The van der Waals surface area contributed by atoms with Crippen LogP contribution in [0.2, 0.25) is 0 Å². The molecule has 110 valence electrons. The van der Waals surface area contributed by atoms with Crippen LogP contribution in [0.25, 0.3) is 0 Å². The lowest BCUT2D eigenvalue weighted by Crippen LogP contribution is -2.11. The molecule has 0 radical (unpaired) electrons. The van der Waals surface area contributed by atoms with Gasteiger partial charge >= 0.3 is 6.09 Å². The van der Waals surface area contributed by atoms with Crippen LogP contribution in [0.15, 0.2) is 48.5 Å². The summed E-state index contributed by atoms with van der Waals surface area (Å²) in [6.07, 6.45) is -0.492. The Kier molecular flexibility index (Phi) is 4.66. The van der Waals surface area contributed by atoms with E-state index in [1.807, 2.05) is 31.2 Å². The van der Waals surface area contributed by atoms with Crippen LogP contribution in [0.1, 0.15) is 18.5 Å². The minimum atomic E-state index is -0.492.